The SMILES string of the molecule is O=PC(F)(F)c1ccc(/C(=C\C(=O)O)Cc2ccc([N+](=O)[O-])cc2)cc1. The van der Waals surface area contributed by atoms with Crippen molar-refractivity contribution in [3.63, 3.8) is 0 Å². The van der Waals surface area contributed by atoms with Crippen molar-refractivity contribution in [2.45, 2.75) is 12.1 Å². The molecule has 2 aromatic carbocycles. The van der Waals surface area contributed by atoms with E-state index < -0.39 is 30.6 Å². The Labute approximate surface area is 148 Å². The maximum atomic E-state index is 13.4. The Kier molecular flexibility index (Phi) is 5.90. The first-order valence-corrected chi connectivity index (χ1v) is 8.04. The molecule has 2 rings (SSSR count). The largest absolute Gasteiger partial charge is 0.478 e. The fraction of sp³-hybridized carbons (Fsp3) is 0.118. The average Bonchev–Trinajstić information content (AvgIpc) is 2.61. The number of carboxylic acids is 1. The Balaban J connectivity index is 2.32. The van der Waals surface area contributed by atoms with Crippen molar-refractivity contribution < 1.29 is 28.2 Å². The number of aliphatic carboxylic acids is 1. The second kappa shape index (κ2) is 7.93. The minimum atomic E-state index is -3.52. The summed E-state index contributed by atoms with van der Waals surface area (Å²) in [4.78, 5) is 21.2. The van der Waals surface area contributed by atoms with Crippen molar-refractivity contribution in [1.82, 2.24) is 0 Å². The molecule has 0 bridgehead atoms. The zero-order valence-corrected chi connectivity index (χ0v) is 14.0. The molecule has 9 heteroatoms. The van der Waals surface area contributed by atoms with E-state index in [2.05, 4.69) is 0 Å². The standard InChI is InChI=1S/C17H12F2NO5P/c18-17(19,26-25)14-5-3-12(4-6-14)13(10-16(21)22)9-11-1-7-15(8-2-11)20(23)24/h1-8,10H,9H2,(H,21,22)/b13-10-. The van der Waals surface area contributed by atoms with Gasteiger partial charge in [-0.25, -0.2) is 4.79 Å². The summed E-state index contributed by atoms with van der Waals surface area (Å²) in [7, 11) is -1.33. The number of carbonyl (C=O) groups is 1. The van der Waals surface area contributed by atoms with Crippen molar-refractivity contribution in [2.75, 3.05) is 0 Å². The van der Waals surface area contributed by atoms with Crippen molar-refractivity contribution in [3.05, 3.63) is 81.4 Å². The molecule has 0 saturated carbocycles. The van der Waals surface area contributed by atoms with Gasteiger partial charge in [0, 0.05) is 23.8 Å². The van der Waals surface area contributed by atoms with Gasteiger partial charge < -0.3 is 5.11 Å². The van der Waals surface area contributed by atoms with Gasteiger partial charge in [0.15, 0.2) is 0 Å². The van der Waals surface area contributed by atoms with Gasteiger partial charge in [-0.2, -0.15) is 8.78 Å². The molecular formula is C17H12F2NO5P. The van der Waals surface area contributed by atoms with E-state index in [1.807, 2.05) is 0 Å². The van der Waals surface area contributed by atoms with E-state index in [1.165, 1.54) is 36.4 Å². The molecular weight excluding hydrogens is 367 g/mol. The third kappa shape index (κ3) is 4.77. The minimum absolute atomic E-state index is 0.0964. The number of benzene rings is 2. The van der Waals surface area contributed by atoms with E-state index in [1.54, 1.807) is 0 Å². The van der Waals surface area contributed by atoms with E-state index in [-0.39, 0.29) is 12.1 Å². The molecule has 134 valence electrons. The summed E-state index contributed by atoms with van der Waals surface area (Å²) in [6.45, 7) is 0. The summed E-state index contributed by atoms with van der Waals surface area (Å²) in [5.74, 6) is -1.21. The van der Waals surface area contributed by atoms with Crippen molar-refractivity contribution in [2.24, 2.45) is 0 Å². The number of allylic oxidation sites excluding steroid dienone is 1. The van der Waals surface area contributed by atoms with E-state index in [0.717, 1.165) is 18.2 Å². The summed E-state index contributed by atoms with van der Waals surface area (Å²) in [6.07, 6.45) is 1.08. The molecule has 26 heavy (non-hydrogen) atoms. The molecule has 0 saturated heterocycles. The summed E-state index contributed by atoms with van der Waals surface area (Å²) >= 11 is 0. The first kappa shape index (κ1) is 19.3. The number of halogens is 2. The molecule has 2 aromatic rings. The predicted molar refractivity (Wildman–Crippen MR) is 90.4 cm³/mol. The fourth-order valence-electron chi connectivity index (χ4n) is 2.28. The first-order chi connectivity index (χ1) is 12.2. The lowest BCUT2D eigenvalue weighted by Crippen LogP contribution is -2.04. The Morgan fingerprint density at radius 1 is 1.15 bits per heavy atom. The molecule has 0 aromatic heterocycles. The Hall–Kier alpha value is -2.99. The monoisotopic (exact) mass is 379 g/mol. The van der Waals surface area contributed by atoms with Crippen molar-refractivity contribution >= 4 is 25.7 Å². The number of nitro benzene ring substituents is 1. The Morgan fingerprint density at radius 3 is 2.19 bits per heavy atom. The maximum Gasteiger partial charge on any atom is 0.350 e. The summed E-state index contributed by atoms with van der Waals surface area (Å²) < 4.78 is 37.3. The highest BCUT2D eigenvalue weighted by Gasteiger charge is 2.32. The number of rotatable bonds is 7. The molecule has 6 nitrogen and oxygen atoms in total. The quantitative estimate of drug-likeness (QED) is 0.327. The summed E-state index contributed by atoms with van der Waals surface area (Å²) in [6, 6.07) is 10.4. The van der Waals surface area contributed by atoms with Gasteiger partial charge in [0.05, 0.1) is 4.92 Å². The van der Waals surface area contributed by atoms with Gasteiger partial charge in [0.2, 0.25) is 8.46 Å². The molecule has 0 unspecified atom stereocenters. The van der Waals surface area contributed by atoms with Gasteiger partial charge in [-0.3, -0.25) is 14.7 Å². The van der Waals surface area contributed by atoms with Crippen LogP contribution in [0, 0.1) is 10.1 Å². The average molecular weight is 379 g/mol. The minimum Gasteiger partial charge on any atom is -0.478 e. The first-order valence-electron chi connectivity index (χ1n) is 7.23. The highest BCUT2D eigenvalue weighted by atomic mass is 31.1. The molecule has 0 amide bonds. The third-order valence-electron chi connectivity index (χ3n) is 3.56. The third-order valence-corrected chi connectivity index (χ3v) is 4.04. The van der Waals surface area contributed by atoms with Crippen LogP contribution in [0.25, 0.3) is 5.57 Å². The highest BCUT2D eigenvalue weighted by Crippen LogP contribution is 2.38. The molecule has 0 aliphatic heterocycles. The number of hydrogen-bond acceptors (Lipinski definition) is 4. The zero-order valence-electron chi connectivity index (χ0n) is 13.1. The number of non-ortho nitro benzene ring substituents is 1. The topological polar surface area (TPSA) is 97.5 Å². The van der Waals surface area contributed by atoms with Crippen LogP contribution in [-0.4, -0.2) is 16.0 Å². The molecule has 0 radical (unpaired) electrons. The lowest BCUT2D eigenvalue weighted by molar-refractivity contribution is -0.384. The summed E-state index contributed by atoms with van der Waals surface area (Å²) in [5.41, 5.74) is -2.72. The van der Waals surface area contributed by atoms with Crippen molar-refractivity contribution in [3.8, 4) is 0 Å². The van der Waals surface area contributed by atoms with Gasteiger partial charge in [-0.15, -0.1) is 0 Å². The van der Waals surface area contributed by atoms with E-state index in [9.17, 15) is 28.3 Å². The van der Waals surface area contributed by atoms with Crippen LogP contribution in [0.5, 0.6) is 0 Å². The maximum absolute atomic E-state index is 13.4. The van der Waals surface area contributed by atoms with Gasteiger partial charge in [0.1, 0.15) is 0 Å². The second-order valence-electron chi connectivity index (χ2n) is 5.32. The van der Waals surface area contributed by atoms with Crippen molar-refractivity contribution in [1.29, 1.82) is 0 Å². The normalized spacial score (nSPS) is 12.2. The van der Waals surface area contributed by atoms with E-state index >= 15 is 0 Å². The molecule has 0 fully saturated rings. The van der Waals surface area contributed by atoms with Crippen LogP contribution < -0.4 is 0 Å². The molecule has 0 atom stereocenters. The number of nitrogens with zero attached hydrogens (tertiary/aromatic N) is 1. The fourth-order valence-corrected chi connectivity index (χ4v) is 2.53. The zero-order chi connectivity index (χ0) is 19.3. The number of carboxylic acid groups (broad SMARTS) is 1. The van der Waals surface area contributed by atoms with Gasteiger partial charge in [0.25, 0.3) is 5.69 Å². The number of alkyl halides is 2. The number of nitro groups is 1. The molecule has 0 heterocycles. The van der Waals surface area contributed by atoms with Crippen LogP contribution in [0.3, 0.4) is 0 Å². The Morgan fingerprint density at radius 2 is 1.73 bits per heavy atom. The lowest BCUT2D eigenvalue weighted by Gasteiger charge is -2.11. The highest BCUT2D eigenvalue weighted by molar-refractivity contribution is 7.24. The van der Waals surface area contributed by atoms with Crippen LogP contribution in [0.2, 0.25) is 0 Å². The molecule has 0 spiro atoms. The van der Waals surface area contributed by atoms with Crippen LogP contribution in [0.4, 0.5) is 14.5 Å². The van der Waals surface area contributed by atoms with Gasteiger partial charge in [-0.1, -0.05) is 36.4 Å². The lowest BCUT2D eigenvalue weighted by atomic mass is 9.96. The summed E-state index contributed by atoms with van der Waals surface area (Å²) in [5, 5.41) is 19.7. The van der Waals surface area contributed by atoms with E-state index in [4.69, 9.17) is 5.11 Å². The molecule has 0 aliphatic rings. The van der Waals surface area contributed by atoms with Crippen LogP contribution >= 0.6 is 8.46 Å². The predicted octanol–water partition coefficient (Wildman–Crippen LogP) is 4.65. The molecule has 0 aliphatic carbocycles. The van der Waals surface area contributed by atoms with Crippen LogP contribution in [0.1, 0.15) is 16.7 Å². The number of hydrogen-bond donors (Lipinski definition) is 1. The molecule has 1 N–H and O–H groups in total. The smallest absolute Gasteiger partial charge is 0.350 e. The van der Waals surface area contributed by atoms with Crippen LogP contribution in [0.15, 0.2) is 54.6 Å². The second-order valence-corrected chi connectivity index (χ2v) is 6.06. The van der Waals surface area contributed by atoms with E-state index in [0.29, 0.717) is 16.7 Å². The Bertz CT molecular complexity index is 864. The van der Waals surface area contributed by atoms with Gasteiger partial charge >= 0.3 is 11.6 Å². The van der Waals surface area contributed by atoms with Crippen LogP contribution in [-0.2, 0) is 21.4 Å². The van der Waals surface area contributed by atoms with Gasteiger partial charge in [-0.05, 0) is 23.1 Å².